The number of halogens is 2. The molecule has 2 nitrogen and oxygen atoms in total. The fraction of sp³-hybridized carbons (Fsp3) is 0.214. The molecule has 0 amide bonds. The number of nitrogens with zero attached hydrogens (tertiary/aromatic N) is 1. The predicted molar refractivity (Wildman–Crippen MR) is 75.3 cm³/mol. The lowest BCUT2D eigenvalue weighted by Crippen LogP contribution is -2.30. The molecule has 0 unspecified atom stereocenters. The summed E-state index contributed by atoms with van der Waals surface area (Å²) in [6.07, 6.45) is 3.40. The molecule has 1 aromatic rings. The monoisotopic (exact) mass is 311 g/mol. The molecule has 0 saturated heterocycles. The zero-order valence-corrected chi connectivity index (χ0v) is 11.6. The van der Waals surface area contributed by atoms with Crippen LogP contribution < -0.4 is 0 Å². The SMILES string of the molecule is C=CCN(CC=C)CC(=O)c1cc(Br)ccc1F. The van der Waals surface area contributed by atoms with Crippen LogP contribution in [-0.2, 0) is 0 Å². The normalized spacial score (nSPS) is 10.4. The molecule has 1 aromatic carbocycles. The van der Waals surface area contributed by atoms with Gasteiger partial charge in [-0.3, -0.25) is 9.69 Å². The van der Waals surface area contributed by atoms with Crippen molar-refractivity contribution in [1.29, 1.82) is 0 Å². The standard InChI is InChI=1S/C14H15BrFNO/c1-3-7-17(8-4-2)10-14(18)12-9-11(15)5-6-13(12)16/h3-6,9H,1-2,7-8,10H2. The summed E-state index contributed by atoms with van der Waals surface area (Å²) in [7, 11) is 0. The summed E-state index contributed by atoms with van der Waals surface area (Å²) in [6.45, 7) is 8.52. The number of rotatable bonds is 7. The number of benzene rings is 1. The van der Waals surface area contributed by atoms with E-state index in [0.29, 0.717) is 17.6 Å². The second kappa shape index (κ2) is 7.24. The Morgan fingerprint density at radius 2 is 1.94 bits per heavy atom. The summed E-state index contributed by atoms with van der Waals surface area (Å²) in [4.78, 5) is 13.8. The van der Waals surface area contributed by atoms with E-state index in [-0.39, 0.29) is 17.9 Å². The van der Waals surface area contributed by atoms with E-state index in [1.807, 2.05) is 4.90 Å². The van der Waals surface area contributed by atoms with Crippen LogP contribution in [0.1, 0.15) is 10.4 Å². The molecule has 0 aliphatic heterocycles. The molecule has 1 rings (SSSR count). The van der Waals surface area contributed by atoms with Crippen molar-refractivity contribution in [2.45, 2.75) is 0 Å². The first kappa shape index (κ1) is 14.8. The molecule has 0 spiro atoms. The zero-order chi connectivity index (χ0) is 13.5. The molecule has 0 fully saturated rings. The van der Waals surface area contributed by atoms with Crippen LogP contribution in [0.4, 0.5) is 4.39 Å². The van der Waals surface area contributed by atoms with Gasteiger partial charge in [0, 0.05) is 17.6 Å². The summed E-state index contributed by atoms with van der Waals surface area (Å²) >= 11 is 3.23. The van der Waals surface area contributed by atoms with Gasteiger partial charge in [-0.25, -0.2) is 4.39 Å². The highest BCUT2D eigenvalue weighted by molar-refractivity contribution is 9.10. The lowest BCUT2D eigenvalue weighted by Gasteiger charge is -2.17. The lowest BCUT2D eigenvalue weighted by molar-refractivity contribution is 0.0940. The maximum atomic E-state index is 13.5. The topological polar surface area (TPSA) is 20.3 Å². The zero-order valence-electron chi connectivity index (χ0n) is 10.0. The number of hydrogen-bond acceptors (Lipinski definition) is 2. The highest BCUT2D eigenvalue weighted by Gasteiger charge is 2.15. The molecule has 0 aliphatic carbocycles. The Morgan fingerprint density at radius 1 is 1.33 bits per heavy atom. The van der Waals surface area contributed by atoms with Crippen molar-refractivity contribution < 1.29 is 9.18 Å². The van der Waals surface area contributed by atoms with Crippen LogP contribution in [0, 0.1) is 5.82 Å². The van der Waals surface area contributed by atoms with Gasteiger partial charge in [-0.05, 0) is 18.2 Å². The van der Waals surface area contributed by atoms with E-state index in [0.717, 1.165) is 0 Å². The van der Waals surface area contributed by atoms with Crippen molar-refractivity contribution in [2.75, 3.05) is 19.6 Å². The maximum absolute atomic E-state index is 13.5. The highest BCUT2D eigenvalue weighted by atomic mass is 79.9. The summed E-state index contributed by atoms with van der Waals surface area (Å²) in [5.41, 5.74) is 0.0995. The summed E-state index contributed by atoms with van der Waals surface area (Å²) in [5, 5.41) is 0. The molecule has 0 atom stereocenters. The van der Waals surface area contributed by atoms with Crippen molar-refractivity contribution in [3.05, 3.63) is 59.4 Å². The van der Waals surface area contributed by atoms with Crippen LogP contribution in [0.25, 0.3) is 0 Å². The van der Waals surface area contributed by atoms with E-state index < -0.39 is 5.82 Å². The first-order chi connectivity index (χ1) is 8.58. The van der Waals surface area contributed by atoms with Crippen molar-refractivity contribution in [1.82, 2.24) is 4.90 Å². The van der Waals surface area contributed by atoms with Gasteiger partial charge in [0.25, 0.3) is 0 Å². The maximum Gasteiger partial charge on any atom is 0.179 e. The second-order valence-corrected chi connectivity index (χ2v) is 4.73. The number of Topliss-reactive ketones (excluding diaryl/α,β-unsaturated/α-hetero) is 1. The predicted octanol–water partition coefficient (Wildman–Crippen LogP) is 3.44. The van der Waals surface area contributed by atoms with Gasteiger partial charge in [0.15, 0.2) is 5.78 Å². The van der Waals surface area contributed by atoms with E-state index in [9.17, 15) is 9.18 Å². The highest BCUT2D eigenvalue weighted by Crippen LogP contribution is 2.16. The van der Waals surface area contributed by atoms with Crippen LogP contribution in [-0.4, -0.2) is 30.3 Å². The molecule has 18 heavy (non-hydrogen) atoms. The summed E-state index contributed by atoms with van der Waals surface area (Å²) < 4.78 is 14.2. The molecule has 96 valence electrons. The van der Waals surface area contributed by atoms with Crippen molar-refractivity contribution in [3.63, 3.8) is 0 Å². The first-order valence-corrected chi connectivity index (χ1v) is 6.30. The molecule has 0 heterocycles. The largest absolute Gasteiger partial charge is 0.293 e. The van der Waals surface area contributed by atoms with E-state index in [2.05, 4.69) is 29.1 Å². The average molecular weight is 312 g/mol. The molecular formula is C14H15BrFNO. The Hall–Kier alpha value is -1.26. The molecule has 0 saturated carbocycles. The summed E-state index contributed by atoms with van der Waals surface area (Å²) in [5.74, 6) is -0.752. The van der Waals surface area contributed by atoms with Gasteiger partial charge in [0.2, 0.25) is 0 Å². The van der Waals surface area contributed by atoms with Gasteiger partial charge in [-0.1, -0.05) is 28.1 Å². The molecule has 0 bridgehead atoms. The van der Waals surface area contributed by atoms with Gasteiger partial charge in [0.05, 0.1) is 12.1 Å². The van der Waals surface area contributed by atoms with Crippen LogP contribution in [0.5, 0.6) is 0 Å². The lowest BCUT2D eigenvalue weighted by atomic mass is 10.1. The van der Waals surface area contributed by atoms with Gasteiger partial charge >= 0.3 is 0 Å². The first-order valence-electron chi connectivity index (χ1n) is 5.51. The van der Waals surface area contributed by atoms with Gasteiger partial charge < -0.3 is 0 Å². The molecule has 0 aromatic heterocycles. The van der Waals surface area contributed by atoms with E-state index in [4.69, 9.17) is 0 Å². The van der Waals surface area contributed by atoms with E-state index in [1.54, 1.807) is 18.2 Å². The van der Waals surface area contributed by atoms with Crippen LogP contribution >= 0.6 is 15.9 Å². The molecule has 0 N–H and O–H groups in total. The third kappa shape index (κ3) is 4.20. The van der Waals surface area contributed by atoms with Gasteiger partial charge in [-0.2, -0.15) is 0 Å². The fourth-order valence-corrected chi connectivity index (χ4v) is 1.93. The van der Waals surface area contributed by atoms with Gasteiger partial charge in [0.1, 0.15) is 5.82 Å². The number of carbonyl (C=O) groups is 1. The van der Waals surface area contributed by atoms with Crippen molar-refractivity contribution in [2.24, 2.45) is 0 Å². The quantitative estimate of drug-likeness (QED) is 0.568. The van der Waals surface area contributed by atoms with Crippen molar-refractivity contribution in [3.8, 4) is 0 Å². The van der Waals surface area contributed by atoms with Crippen LogP contribution in [0.2, 0.25) is 0 Å². The smallest absolute Gasteiger partial charge is 0.179 e. The van der Waals surface area contributed by atoms with Crippen molar-refractivity contribution >= 4 is 21.7 Å². The van der Waals surface area contributed by atoms with Crippen LogP contribution in [0.15, 0.2) is 48.0 Å². The third-order valence-electron chi connectivity index (χ3n) is 2.37. The van der Waals surface area contributed by atoms with E-state index >= 15 is 0 Å². The second-order valence-electron chi connectivity index (χ2n) is 3.82. The summed E-state index contributed by atoms with van der Waals surface area (Å²) in [6, 6.07) is 4.34. The number of ketones is 1. The number of hydrogen-bond donors (Lipinski definition) is 0. The Labute approximate surface area is 115 Å². The molecule has 0 aliphatic rings. The molecule has 4 heteroatoms. The Bertz CT molecular complexity index is 449. The minimum Gasteiger partial charge on any atom is -0.293 e. The Morgan fingerprint density at radius 3 is 2.50 bits per heavy atom. The minimum absolute atomic E-state index is 0.0995. The van der Waals surface area contributed by atoms with Gasteiger partial charge in [-0.15, -0.1) is 13.2 Å². The average Bonchev–Trinajstić information content (AvgIpc) is 2.33. The van der Waals surface area contributed by atoms with E-state index in [1.165, 1.54) is 12.1 Å². The number of carbonyl (C=O) groups excluding carboxylic acids is 1. The third-order valence-corrected chi connectivity index (χ3v) is 2.86. The fourth-order valence-electron chi connectivity index (χ4n) is 1.57. The molecular weight excluding hydrogens is 297 g/mol. The Balaban J connectivity index is 2.82. The van der Waals surface area contributed by atoms with Crippen LogP contribution in [0.3, 0.4) is 0 Å². The minimum atomic E-state index is -0.500. The Kier molecular flexibility index (Phi) is 5.95. The molecule has 0 radical (unpaired) electrons.